The van der Waals surface area contributed by atoms with Crippen molar-refractivity contribution in [3.8, 4) is 28.4 Å². The minimum Gasteiger partial charge on any atom is -0.492 e. The molecule has 3 aromatic rings. The Morgan fingerprint density at radius 3 is 2.24 bits per heavy atom. The van der Waals surface area contributed by atoms with Crippen LogP contribution in [0.15, 0.2) is 48.8 Å². The minimum absolute atomic E-state index is 0.0371. The van der Waals surface area contributed by atoms with Crippen LogP contribution in [0.4, 0.5) is 13.2 Å². The van der Waals surface area contributed by atoms with Gasteiger partial charge in [0, 0.05) is 23.5 Å². The van der Waals surface area contributed by atoms with Crippen LogP contribution in [0.1, 0.15) is 38.8 Å². The molecule has 1 aromatic carbocycles. The molecule has 1 aliphatic rings. The number of hydrogen-bond donors (Lipinski definition) is 2. The first-order valence-corrected chi connectivity index (χ1v) is 10.6. The van der Waals surface area contributed by atoms with E-state index in [2.05, 4.69) is 15.0 Å². The zero-order chi connectivity index (χ0) is 23.9. The first-order valence-electron chi connectivity index (χ1n) is 10.6. The number of pyridine rings is 1. The summed E-state index contributed by atoms with van der Waals surface area (Å²) >= 11 is 0. The Balaban J connectivity index is 1.46. The van der Waals surface area contributed by atoms with E-state index in [4.69, 9.17) is 9.84 Å². The number of ether oxygens (including phenoxy) is 1. The summed E-state index contributed by atoms with van der Waals surface area (Å²) in [5.74, 6) is -0.0416. The van der Waals surface area contributed by atoms with Gasteiger partial charge in [-0.05, 0) is 63.1 Å². The van der Waals surface area contributed by atoms with Crippen LogP contribution in [0.3, 0.4) is 0 Å². The average molecular weight is 459 g/mol. The van der Waals surface area contributed by atoms with Gasteiger partial charge in [0.15, 0.2) is 0 Å². The van der Waals surface area contributed by atoms with Crippen LogP contribution < -0.4 is 4.74 Å². The predicted octanol–water partition coefficient (Wildman–Crippen LogP) is 5.61. The van der Waals surface area contributed by atoms with Crippen molar-refractivity contribution >= 4 is 5.97 Å². The molecule has 2 aromatic heterocycles. The van der Waals surface area contributed by atoms with Gasteiger partial charge in [0.25, 0.3) is 0 Å². The summed E-state index contributed by atoms with van der Waals surface area (Å²) in [6.07, 6.45) is -0.771. The number of hydrogen-bond acceptors (Lipinski definition) is 4. The minimum atomic E-state index is -4.31. The summed E-state index contributed by atoms with van der Waals surface area (Å²) in [5, 5.41) is 9.16. The number of aromatic nitrogens is 3. The number of alkyl halides is 3. The standard InChI is InChI=1S/C24H24F3N3O3/c1-22(2,21(31)32)14-33-17-7-4-15(5-8-17)18-9-6-16(12-28-18)20-29-13-19(30-20)23(10-3-11-23)24(25,26)27/h4-9,12-13H,3,10-11,14H2,1-2H3,(H,29,30)(H,31,32). The molecule has 0 amide bonds. The summed E-state index contributed by atoms with van der Waals surface area (Å²) in [6, 6.07) is 10.6. The van der Waals surface area contributed by atoms with Crippen molar-refractivity contribution in [2.24, 2.45) is 5.41 Å². The van der Waals surface area contributed by atoms with E-state index in [0.717, 1.165) is 5.56 Å². The number of benzene rings is 1. The smallest absolute Gasteiger partial charge is 0.399 e. The highest BCUT2D eigenvalue weighted by Gasteiger charge is 2.60. The molecule has 0 radical (unpaired) electrons. The number of imidazole rings is 1. The molecule has 2 N–H and O–H groups in total. The first-order chi connectivity index (χ1) is 15.5. The lowest BCUT2D eigenvalue weighted by Gasteiger charge is -2.42. The van der Waals surface area contributed by atoms with Crippen molar-refractivity contribution in [1.29, 1.82) is 0 Å². The van der Waals surface area contributed by atoms with Gasteiger partial charge in [-0.15, -0.1) is 0 Å². The Hall–Kier alpha value is -3.36. The molecule has 1 fully saturated rings. The topological polar surface area (TPSA) is 88.1 Å². The van der Waals surface area contributed by atoms with Crippen LogP contribution in [-0.2, 0) is 10.2 Å². The SMILES string of the molecule is CC(C)(COc1ccc(-c2ccc(-c3ncc(C4(C(F)(F)F)CCC4)[nH]3)cn2)cc1)C(=O)O. The van der Waals surface area contributed by atoms with Gasteiger partial charge >= 0.3 is 12.1 Å². The monoisotopic (exact) mass is 459 g/mol. The highest BCUT2D eigenvalue weighted by Crippen LogP contribution is 2.54. The zero-order valence-electron chi connectivity index (χ0n) is 18.2. The number of rotatable bonds is 7. The van der Waals surface area contributed by atoms with E-state index in [1.54, 1.807) is 56.4 Å². The fraction of sp³-hybridized carbons (Fsp3) is 0.375. The Labute approximate surface area is 188 Å². The Morgan fingerprint density at radius 2 is 1.73 bits per heavy atom. The van der Waals surface area contributed by atoms with Crippen LogP contribution in [0, 0.1) is 5.41 Å². The van der Waals surface area contributed by atoms with Crippen molar-refractivity contribution < 1.29 is 27.8 Å². The third-order valence-corrected chi connectivity index (χ3v) is 6.21. The molecule has 1 saturated carbocycles. The number of H-pyrrole nitrogens is 1. The fourth-order valence-corrected chi connectivity index (χ4v) is 3.70. The van der Waals surface area contributed by atoms with Gasteiger partial charge in [-0.1, -0.05) is 6.42 Å². The molecule has 0 saturated heterocycles. The van der Waals surface area contributed by atoms with Gasteiger partial charge < -0.3 is 14.8 Å². The lowest BCUT2D eigenvalue weighted by molar-refractivity contribution is -0.213. The van der Waals surface area contributed by atoms with Crippen LogP contribution in [0.2, 0.25) is 0 Å². The summed E-state index contributed by atoms with van der Waals surface area (Å²) in [4.78, 5) is 22.6. The van der Waals surface area contributed by atoms with E-state index in [1.807, 2.05) is 0 Å². The van der Waals surface area contributed by atoms with E-state index in [1.165, 1.54) is 6.20 Å². The molecule has 4 rings (SSSR count). The van der Waals surface area contributed by atoms with Gasteiger partial charge in [-0.25, -0.2) is 4.98 Å². The molecule has 0 spiro atoms. The van der Waals surface area contributed by atoms with E-state index >= 15 is 0 Å². The molecule has 9 heteroatoms. The molecule has 33 heavy (non-hydrogen) atoms. The maximum Gasteiger partial charge on any atom is 0.399 e. The molecular weight excluding hydrogens is 435 g/mol. The zero-order valence-corrected chi connectivity index (χ0v) is 18.2. The number of aromatic amines is 1. The van der Waals surface area contributed by atoms with E-state index in [0.29, 0.717) is 29.3 Å². The summed E-state index contributed by atoms with van der Waals surface area (Å²) in [7, 11) is 0. The number of halogens is 3. The van der Waals surface area contributed by atoms with Crippen LogP contribution in [-0.4, -0.2) is 38.8 Å². The number of carbonyl (C=O) groups is 1. The van der Waals surface area contributed by atoms with Crippen molar-refractivity contribution in [3.63, 3.8) is 0 Å². The second-order valence-electron chi connectivity index (χ2n) is 9.01. The third kappa shape index (κ3) is 4.31. The third-order valence-electron chi connectivity index (χ3n) is 6.21. The number of nitrogens with one attached hydrogen (secondary N) is 1. The highest BCUT2D eigenvalue weighted by atomic mass is 19.4. The van der Waals surface area contributed by atoms with Crippen LogP contribution in [0.25, 0.3) is 22.6 Å². The number of carboxylic acid groups (broad SMARTS) is 1. The van der Waals surface area contributed by atoms with Crippen LogP contribution >= 0.6 is 0 Å². The summed E-state index contributed by atoms with van der Waals surface area (Å²) in [6.45, 7) is 3.22. The second kappa shape index (κ2) is 8.20. The normalized spacial score (nSPS) is 15.7. The fourth-order valence-electron chi connectivity index (χ4n) is 3.70. The summed E-state index contributed by atoms with van der Waals surface area (Å²) in [5.41, 5.74) is -0.639. The Bertz CT molecular complexity index is 1130. The highest BCUT2D eigenvalue weighted by molar-refractivity contribution is 5.73. The maximum atomic E-state index is 13.6. The Morgan fingerprint density at radius 1 is 1.06 bits per heavy atom. The Kier molecular flexibility index (Phi) is 5.67. The van der Waals surface area contributed by atoms with Gasteiger partial charge in [-0.3, -0.25) is 9.78 Å². The van der Waals surface area contributed by atoms with Crippen molar-refractivity contribution in [3.05, 3.63) is 54.5 Å². The van der Waals surface area contributed by atoms with E-state index in [-0.39, 0.29) is 25.1 Å². The lowest BCUT2D eigenvalue weighted by Crippen LogP contribution is -2.48. The summed E-state index contributed by atoms with van der Waals surface area (Å²) < 4.78 is 46.3. The van der Waals surface area contributed by atoms with Crippen molar-refractivity contribution in [2.75, 3.05) is 6.61 Å². The number of carboxylic acids is 1. The van der Waals surface area contributed by atoms with Gasteiger partial charge in [0.2, 0.25) is 0 Å². The van der Waals surface area contributed by atoms with Gasteiger partial charge in [0.05, 0.1) is 16.8 Å². The molecule has 0 unspecified atom stereocenters. The molecular formula is C24H24F3N3O3. The van der Waals surface area contributed by atoms with Gasteiger partial charge in [-0.2, -0.15) is 13.2 Å². The number of aliphatic carboxylic acids is 1. The maximum absolute atomic E-state index is 13.6. The lowest BCUT2D eigenvalue weighted by atomic mass is 9.66. The number of nitrogens with zero attached hydrogens (tertiary/aromatic N) is 2. The van der Waals surface area contributed by atoms with Gasteiger partial charge in [0.1, 0.15) is 23.6 Å². The van der Waals surface area contributed by atoms with Crippen molar-refractivity contribution in [1.82, 2.24) is 15.0 Å². The van der Waals surface area contributed by atoms with E-state index in [9.17, 15) is 18.0 Å². The molecule has 2 heterocycles. The molecule has 174 valence electrons. The average Bonchev–Trinajstić information content (AvgIpc) is 3.21. The molecule has 0 bridgehead atoms. The quantitative estimate of drug-likeness (QED) is 0.479. The molecule has 0 atom stereocenters. The first kappa shape index (κ1) is 22.8. The largest absolute Gasteiger partial charge is 0.492 e. The van der Waals surface area contributed by atoms with E-state index < -0.39 is 23.0 Å². The second-order valence-corrected chi connectivity index (χ2v) is 9.01. The molecule has 0 aliphatic heterocycles. The predicted molar refractivity (Wildman–Crippen MR) is 116 cm³/mol. The molecule has 6 nitrogen and oxygen atoms in total. The van der Waals surface area contributed by atoms with Crippen LogP contribution in [0.5, 0.6) is 5.75 Å². The molecule has 1 aliphatic carbocycles. The van der Waals surface area contributed by atoms with Crippen molar-refractivity contribution in [2.45, 2.75) is 44.7 Å².